The highest BCUT2D eigenvalue weighted by Gasteiger charge is 2.20. The molecule has 0 unspecified atom stereocenters. The molecule has 1 fully saturated rings. The SMILES string of the molecule is CCc1nnc(NC2CCC(CC)CC2)nc1CC. The number of rotatable bonds is 5. The second-order valence-corrected chi connectivity index (χ2v) is 5.51. The summed E-state index contributed by atoms with van der Waals surface area (Å²) in [6, 6.07) is 0.529. The predicted molar refractivity (Wildman–Crippen MR) is 78.2 cm³/mol. The molecule has 0 atom stereocenters. The van der Waals surface area contributed by atoms with Gasteiger partial charge in [-0.05, 0) is 44.4 Å². The van der Waals surface area contributed by atoms with Crippen molar-refractivity contribution in [1.82, 2.24) is 15.2 Å². The lowest BCUT2D eigenvalue weighted by Crippen LogP contribution is -2.27. The van der Waals surface area contributed by atoms with E-state index in [4.69, 9.17) is 0 Å². The second kappa shape index (κ2) is 6.83. The Balaban J connectivity index is 1.96. The van der Waals surface area contributed by atoms with E-state index in [2.05, 4.69) is 41.3 Å². The van der Waals surface area contributed by atoms with Gasteiger partial charge in [0.2, 0.25) is 5.95 Å². The van der Waals surface area contributed by atoms with Gasteiger partial charge in [0.1, 0.15) is 0 Å². The topological polar surface area (TPSA) is 50.7 Å². The van der Waals surface area contributed by atoms with Crippen molar-refractivity contribution in [1.29, 1.82) is 0 Å². The first-order valence-corrected chi connectivity index (χ1v) is 7.75. The van der Waals surface area contributed by atoms with Crippen LogP contribution in [0.3, 0.4) is 0 Å². The maximum atomic E-state index is 4.61. The molecule has 0 bridgehead atoms. The van der Waals surface area contributed by atoms with Gasteiger partial charge in [-0.3, -0.25) is 0 Å². The Hall–Kier alpha value is -1.19. The van der Waals surface area contributed by atoms with Crippen LogP contribution in [-0.4, -0.2) is 21.2 Å². The van der Waals surface area contributed by atoms with E-state index in [0.29, 0.717) is 12.0 Å². The molecule has 1 aromatic rings. The maximum absolute atomic E-state index is 4.61. The number of hydrogen-bond donors (Lipinski definition) is 1. The molecule has 1 aliphatic carbocycles. The van der Waals surface area contributed by atoms with Crippen molar-refractivity contribution in [2.75, 3.05) is 5.32 Å². The fourth-order valence-corrected chi connectivity index (χ4v) is 2.90. The molecule has 106 valence electrons. The van der Waals surface area contributed by atoms with Crippen LogP contribution in [0.15, 0.2) is 0 Å². The zero-order chi connectivity index (χ0) is 13.7. The predicted octanol–water partition coefficient (Wildman–Crippen LogP) is 3.38. The highest BCUT2D eigenvalue weighted by atomic mass is 15.2. The summed E-state index contributed by atoms with van der Waals surface area (Å²) in [5, 5.41) is 12.0. The summed E-state index contributed by atoms with van der Waals surface area (Å²) < 4.78 is 0. The van der Waals surface area contributed by atoms with Gasteiger partial charge < -0.3 is 5.32 Å². The van der Waals surface area contributed by atoms with Gasteiger partial charge in [-0.1, -0.05) is 27.2 Å². The molecule has 0 spiro atoms. The van der Waals surface area contributed by atoms with Crippen molar-refractivity contribution in [2.45, 2.75) is 71.8 Å². The van der Waals surface area contributed by atoms with Crippen molar-refractivity contribution in [3.63, 3.8) is 0 Å². The van der Waals surface area contributed by atoms with Crippen LogP contribution in [-0.2, 0) is 12.8 Å². The number of anilines is 1. The van der Waals surface area contributed by atoms with E-state index in [-0.39, 0.29) is 0 Å². The lowest BCUT2D eigenvalue weighted by Gasteiger charge is -2.28. The molecular weight excluding hydrogens is 236 g/mol. The zero-order valence-electron chi connectivity index (χ0n) is 12.4. The van der Waals surface area contributed by atoms with Crippen molar-refractivity contribution in [3.8, 4) is 0 Å². The highest BCUT2D eigenvalue weighted by molar-refractivity contribution is 5.27. The number of nitrogens with zero attached hydrogens (tertiary/aromatic N) is 3. The third-order valence-corrected chi connectivity index (χ3v) is 4.27. The van der Waals surface area contributed by atoms with E-state index in [0.717, 1.165) is 30.1 Å². The first kappa shape index (κ1) is 14.2. The molecule has 1 heterocycles. The Morgan fingerprint density at radius 2 is 1.63 bits per heavy atom. The molecule has 0 aromatic carbocycles. The zero-order valence-corrected chi connectivity index (χ0v) is 12.4. The van der Waals surface area contributed by atoms with E-state index in [9.17, 15) is 0 Å². The molecule has 0 radical (unpaired) electrons. The molecule has 19 heavy (non-hydrogen) atoms. The molecule has 1 N–H and O–H groups in total. The first-order valence-electron chi connectivity index (χ1n) is 7.75. The second-order valence-electron chi connectivity index (χ2n) is 5.51. The average molecular weight is 262 g/mol. The van der Waals surface area contributed by atoms with E-state index >= 15 is 0 Å². The molecule has 4 heteroatoms. The van der Waals surface area contributed by atoms with Crippen LogP contribution in [0, 0.1) is 5.92 Å². The summed E-state index contributed by atoms with van der Waals surface area (Å²) in [4.78, 5) is 4.61. The van der Waals surface area contributed by atoms with Crippen molar-refractivity contribution < 1.29 is 0 Å². The Morgan fingerprint density at radius 1 is 0.947 bits per heavy atom. The van der Waals surface area contributed by atoms with E-state index < -0.39 is 0 Å². The van der Waals surface area contributed by atoms with Gasteiger partial charge in [0, 0.05) is 6.04 Å². The third kappa shape index (κ3) is 3.64. The van der Waals surface area contributed by atoms with Gasteiger partial charge in [0.25, 0.3) is 0 Å². The van der Waals surface area contributed by atoms with Crippen LogP contribution in [0.1, 0.15) is 64.3 Å². The monoisotopic (exact) mass is 262 g/mol. The summed E-state index contributed by atoms with van der Waals surface area (Å²) in [5.74, 6) is 1.64. The number of hydrogen-bond acceptors (Lipinski definition) is 4. The number of aryl methyl sites for hydroxylation is 2. The summed E-state index contributed by atoms with van der Waals surface area (Å²) >= 11 is 0. The van der Waals surface area contributed by atoms with Crippen LogP contribution in [0.25, 0.3) is 0 Å². The van der Waals surface area contributed by atoms with E-state index in [1.165, 1.54) is 32.1 Å². The molecule has 1 aromatic heterocycles. The van der Waals surface area contributed by atoms with Gasteiger partial charge in [-0.25, -0.2) is 4.98 Å². The molecule has 0 aliphatic heterocycles. The van der Waals surface area contributed by atoms with Crippen molar-refractivity contribution >= 4 is 5.95 Å². The molecule has 2 rings (SSSR count). The number of nitrogens with one attached hydrogen (secondary N) is 1. The van der Waals surface area contributed by atoms with Gasteiger partial charge in [0.05, 0.1) is 11.4 Å². The van der Waals surface area contributed by atoms with Gasteiger partial charge >= 0.3 is 0 Å². The minimum Gasteiger partial charge on any atom is -0.350 e. The first-order chi connectivity index (χ1) is 9.26. The summed E-state index contributed by atoms with van der Waals surface area (Å²) in [5.41, 5.74) is 2.12. The minimum absolute atomic E-state index is 0.529. The number of aromatic nitrogens is 3. The summed E-state index contributed by atoms with van der Waals surface area (Å²) in [6.07, 6.45) is 8.28. The largest absolute Gasteiger partial charge is 0.350 e. The summed E-state index contributed by atoms with van der Waals surface area (Å²) in [7, 11) is 0. The molecule has 0 saturated heterocycles. The Kier molecular flexibility index (Phi) is 5.11. The van der Waals surface area contributed by atoms with Crippen LogP contribution >= 0.6 is 0 Å². The third-order valence-electron chi connectivity index (χ3n) is 4.27. The quantitative estimate of drug-likeness (QED) is 0.884. The van der Waals surface area contributed by atoms with Gasteiger partial charge in [-0.15, -0.1) is 5.10 Å². The Morgan fingerprint density at radius 3 is 2.21 bits per heavy atom. The van der Waals surface area contributed by atoms with Crippen LogP contribution < -0.4 is 5.32 Å². The van der Waals surface area contributed by atoms with Crippen molar-refractivity contribution in [2.24, 2.45) is 5.92 Å². The Bertz CT molecular complexity index is 397. The molecule has 1 saturated carbocycles. The minimum atomic E-state index is 0.529. The highest BCUT2D eigenvalue weighted by Crippen LogP contribution is 2.27. The lowest BCUT2D eigenvalue weighted by molar-refractivity contribution is 0.329. The van der Waals surface area contributed by atoms with Crippen molar-refractivity contribution in [3.05, 3.63) is 11.4 Å². The lowest BCUT2D eigenvalue weighted by atomic mass is 9.85. The normalized spacial score (nSPS) is 23.3. The molecule has 0 amide bonds. The van der Waals surface area contributed by atoms with Crippen LogP contribution in [0.2, 0.25) is 0 Å². The maximum Gasteiger partial charge on any atom is 0.243 e. The molecule has 1 aliphatic rings. The Labute approximate surface area is 116 Å². The molecular formula is C15H26N4. The van der Waals surface area contributed by atoms with Gasteiger partial charge in [0.15, 0.2) is 0 Å². The van der Waals surface area contributed by atoms with Gasteiger partial charge in [-0.2, -0.15) is 5.10 Å². The smallest absolute Gasteiger partial charge is 0.243 e. The fourth-order valence-electron chi connectivity index (χ4n) is 2.90. The standard InChI is InChI=1S/C15H26N4/c1-4-11-7-9-12(10-8-11)16-15-17-13(5-2)14(6-3)18-19-15/h11-12H,4-10H2,1-3H3,(H,16,17,19). The van der Waals surface area contributed by atoms with E-state index in [1.54, 1.807) is 0 Å². The van der Waals surface area contributed by atoms with Crippen LogP contribution in [0.5, 0.6) is 0 Å². The van der Waals surface area contributed by atoms with E-state index in [1.807, 2.05) is 0 Å². The average Bonchev–Trinajstić information content (AvgIpc) is 2.48. The fraction of sp³-hybridized carbons (Fsp3) is 0.800. The van der Waals surface area contributed by atoms with Crippen LogP contribution in [0.4, 0.5) is 5.95 Å². The molecule has 4 nitrogen and oxygen atoms in total. The summed E-state index contributed by atoms with van der Waals surface area (Å²) in [6.45, 7) is 6.52.